The maximum Gasteiger partial charge on any atom is 0.306 e. The zero-order valence-electron chi connectivity index (χ0n) is 30.0. The first kappa shape index (κ1) is 34.0. The molecule has 5 saturated carbocycles. The topological polar surface area (TPSA) is 87.2 Å². The third-order valence-electron chi connectivity index (χ3n) is 16.0. The Labute approximate surface area is 278 Å². The number of piperazine rings is 1. The molecule has 0 aromatic carbocycles. The highest BCUT2D eigenvalue weighted by Gasteiger charge is 2.72. The van der Waals surface area contributed by atoms with E-state index in [9.17, 15) is 14.4 Å². The number of fused-ring (bicyclic) bond motifs is 7. The molecule has 0 unspecified atom stereocenters. The number of carbonyl (C=O) groups is 3. The second-order valence-electron chi connectivity index (χ2n) is 18.2. The molecule has 0 aromatic heterocycles. The predicted octanol–water partition coefficient (Wildman–Crippen LogP) is 7.19. The molecule has 7 heteroatoms. The van der Waals surface area contributed by atoms with E-state index in [0.29, 0.717) is 35.5 Å². The van der Waals surface area contributed by atoms with Crippen LogP contribution in [-0.4, -0.2) is 72.1 Å². The SMILES string of the molecule is C=C(C)[C@@H]1CC[C@]2(C(=O)N3CCN(C)CC3)CC[C@]3(C)[C@H](CC[C@@H]4[C@@]5(C)CC[C@H](OC(=O)CCC(=O)O)C(C)(C)[C@@H]5CC[C@]43C)[C@@H]12. The summed E-state index contributed by atoms with van der Waals surface area (Å²) in [5.74, 6) is 1.50. The summed E-state index contributed by atoms with van der Waals surface area (Å²) in [6, 6.07) is 0. The van der Waals surface area contributed by atoms with Crippen molar-refractivity contribution in [3.8, 4) is 0 Å². The summed E-state index contributed by atoms with van der Waals surface area (Å²) in [7, 11) is 2.17. The van der Waals surface area contributed by atoms with Crippen molar-refractivity contribution in [3.05, 3.63) is 12.2 Å². The van der Waals surface area contributed by atoms with Crippen molar-refractivity contribution in [3.63, 3.8) is 0 Å². The predicted molar refractivity (Wildman–Crippen MR) is 180 cm³/mol. The summed E-state index contributed by atoms with van der Waals surface area (Å²) in [5.41, 5.74) is 1.39. The van der Waals surface area contributed by atoms with Gasteiger partial charge in [0.15, 0.2) is 0 Å². The Balaban J connectivity index is 1.28. The molecule has 6 rings (SSSR count). The fourth-order valence-electron chi connectivity index (χ4n) is 13.5. The van der Waals surface area contributed by atoms with E-state index >= 15 is 0 Å². The number of carboxylic acid groups (broad SMARTS) is 1. The summed E-state index contributed by atoms with van der Waals surface area (Å²) in [4.78, 5) is 43.0. The number of ether oxygens (including phenoxy) is 1. The summed E-state index contributed by atoms with van der Waals surface area (Å²) in [6.45, 7) is 22.8. The second kappa shape index (κ2) is 11.6. The largest absolute Gasteiger partial charge is 0.481 e. The number of nitrogens with zero attached hydrogens (tertiary/aromatic N) is 2. The van der Waals surface area contributed by atoms with Crippen LogP contribution in [0.15, 0.2) is 12.2 Å². The van der Waals surface area contributed by atoms with Crippen LogP contribution in [0.3, 0.4) is 0 Å². The first-order valence-electron chi connectivity index (χ1n) is 18.6. The second-order valence-corrected chi connectivity index (χ2v) is 18.2. The van der Waals surface area contributed by atoms with Gasteiger partial charge in [-0.2, -0.15) is 0 Å². The van der Waals surface area contributed by atoms with Gasteiger partial charge in [-0.05, 0) is 124 Å². The van der Waals surface area contributed by atoms with E-state index in [1.54, 1.807) is 0 Å². The summed E-state index contributed by atoms with van der Waals surface area (Å²) in [6.07, 6.45) is 10.5. The summed E-state index contributed by atoms with van der Waals surface area (Å²) < 4.78 is 6.04. The summed E-state index contributed by atoms with van der Waals surface area (Å²) in [5, 5.41) is 9.07. The molecule has 258 valence electrons. The molecular formula is C39H62N2O5. The van der Waals surface area contributed by atoms with Crippen LogP contribution in [0.5, 0.6) is 0 Å². The van der Waals surface area contributed by atoms with E-state index in [1.165, 1.54) is 24.8 Å². The number of allylic oxidation sites excluding steroid dienone is 1. The first-order valence-corrected chi connectivity index (χ1v) is 18.6. The molecule has 6 fully saturated rings. The zero-order chi connectivity index (χ0) is 33.4. The summed E-state index contributed by atoms with van der Waals surface area (Å²) >= 11 is 0. The fourth-order valence-corrected chi connectivity index (χ4v) is 13.5. The smallest absolute Gasteiger partial charge is 0.306 e. The number of amides is 1. The van der Waals surface area contributed by atoms with Gasteiger partial charge in [0.05, 0.1) is 18.3 Å². The van der Waals surface area contributed by atoms with Gasteiger partial charge < -0.3 is 19.6 Å². The number of hydrogen-bond acceptors (Lipinski definition) is 5. The third kappa shape index (κ3) is 4.93. The van der Waals surface area contributed by atoms with Crippen LogP contribution in [0, 0.1) is 56.7 Å². The molecule has 1 heterocycles. The van der Waals surface area contributed by atoms with Gasteiger partial charge in [0, 0.05) is 31.6 Å². The van der Waals surface area contributed by atoms with Crippen LogP contribution in [0.4, 0.5) is 0 Å². The minimum atomic E-state index is -0.959. The lowest BCUT2D eigenvalue weighted by Gasteiger charge is -2.73. The van der Waals surface area contributed by atoms with Crippen molar-refractivity contribution in [2.75, 3.05) is 33.2 Å². The van der Waals surface area contributed by atoms with E-state index < -0.39 is 5.97 Å². The molecule has 7 nitrogen and oxygen atoms in total. The Morgan fingerprint density at radius 1 is 0.804 bits per heavy atom. The minimum Gasteiger partial charge on any atom is -0.481 e. The molecule has 1 saturated heterocycles. The van der Waals surface area contributed by atoms with Gasteiger partial charge in [0.1, 0.15) is 6.10 Å². The Morgan fingerprint density at radius 3 is 2.15 bits per heavy atom. The number of aliphatic carboxylic acids is 1. The molecule has 0 aromatic rings. The molecule has 5 aliphatic carbocycles. The molecule has 0 spiro atoms. The van der Waals surface area contributed by atoms with Gasteiger partial charge >= 0.3 is 11.9 Å². The zero-order valence-corrected chi connectivity index (χ0v) is 30.0. The third-order valence-corrected chi connectivity index (χ3v) is 16.0. The van der Waals surface area contributed by atoms with Gasteiger partial charge in [0.25, 0.3) is 0 Å². The van der Waals surface area contributed by atoms with E-state index in [-0.39, 0.29) is 52.0 Å². The van der Waals surface area contributed by atoms with E-state index in [1.807, 2.05) is 0 Å². The lowest BCUT2D eigenvalue weighted by molar-refractivity contribution is -0.250. The molecular weight excluding hydrogens is 576 g/mol. The van der Waals surface area contributed by atoms with Crippen molar-refractivity contribution >= 4 is 17.8 Å². The average Bonchev–Trinajstić information content (AvgIpc) is 3.39. The van der Waals surface area contributed by atoms with Crippen molar-refractivity contribution < 1.29 is 24.2 Å². The van der Waals surface area contributed by atoms with Crippen LogP contribution in [0.25, 0.3) is 0 Å². The highest BCUT2D eigenvalue weighted by Crippen LogP contribution is 2.77. The maximum absolute atomic E-state index is 14.7. The molecule has 1 N–H and O–H groups in total. The molecule has 0 radical (unpaired) electrons. The highest BCUT2D eigenvalue weighted by atomic mass is 16.5. The van der Waals surface area contributed by atoms with Crippen LogP contribution in [0.2, 0.25) is 0 Å². The van der Waals surface area contributed by atoms with Gasteiger partial charge in [0.2, 0.25) is 5.91 Å². The van der Waals surface area contributed by atoms with Crippen LogP contribution in [0.1, 0.15) is 119 Å². The van der Waals surface area contributed by atoms with Crippen LogP contribution in [-0.2, 0) is 19.1 Å². The van der Waals surface area contributed by atoms with Crippen molar-refractivity contribution in [1.82, 2.24) is 9.80 Å². The number of likely N-dealkylation sites (N-methyl/N-ethyl adjacent to an activating group) is 1. The molecule has 1 aliphatic heterocycles. The van der Waals surface area contributed by atoms with Crippen molar-refractivity contribution in [2.24, 2.45) is 56.7 Å². The highest BCUT2D eigenvalue weighted by molar-refractivity contribution is 5.84. The van der Waals surface area contributed by atoms with Gasteiger partial charge in [-0.3, -0.25) is 14.4 Å². The molecule has 6 aliphatic rings. The van der Waals surface area contributed by atoms with Crippen molar-refractivity contribution in [1.29, 1.82) is 0 Å². The molecule has 46 heavy (non-hydrogen) atoms. The van der Waals surface area contributed by atoms with E-state index in [4.69, 9.17) is 9.84 Å². The Kier molecular flexibility index (Phi) is 8.59. The first-order chi connectivity index (χ1) is 21.5. The maximum atomic E-state index is 14.7. The van der Waals surface area contributed by atoms with Crippen molar-refractivity contribution in [2.45, 2.75) is 125 Å². The normalized spacial score (nSPS) is 45.1. The van der Waals surface area contributed by atoms with E-state index in [0.717, 1.165) is 71.1 Å². The monoisotopic (exact) mass is 638 g/mol. The minimum absolute atomic E-state index is 0.0601. The van der Waals surface area contributed by atoms with Crippen LogP contribution < -0.4 is 0 Å². The Bertz CT molecular complexity index is 1250. The molecule has 10 atom stereocenters. The van der Waals surface area contributed by atoms with Gasteiger partial charge in [-0.1, -0.05) is 46.8 Å². The van der Waals surface area contributed by atoms with Gasteiger partial charge in [-0.25, -0.2) is 0 Å². The number of carboxylic acids is 1. The lowest BCUT2D eigenvalue weighted by atomic mass is 9.32. The average molecular weight is 639 g/mol. The Morgan fingerprint density at radius 2 is 1.50 bits per heavy atom. The molecule has 1 amide bonds. The van der Waals surface area contributed by atoms with Crippen LogP contribution >= 0.6 is 0 Å². The Hall–Kier alpha value is -1.89. The molecule has 0 bridgehead atoms. The standard InChI is InChI=1S/C39H62N2O5/c1-25(2)26-13-18-39(34(45)41-23-21-40(8)22-24-41)20-19-37(6)27(33(26)39)9-10-29-36(5)16-15-30(46-32(44)12-11-31(42)43)35(3,4)28(36)14-17-38(29,37)7/h26-30,33H,1,9-24H2,2-8H3,(H,42,43)/t26-,27+,28-,29+,30-,33+,36-,37+,38+,39-/m0/s1. The quantitative estimate of drug-likeness (QED) is 0.245. The lowest BCUT2D eigenvalue weighted by Crippen LogP contribution is -2.67. The van der Waals surface area contributed by atoms with Gasteiger partial charge in [-0.15, -0.1) is 0 Å². The number of hydrogen-bond donors (Lipinski definition) is 1. The fraction of sp³-hybridized carbons (Fsp3) is 0.872. The number of rotatable bonds is 6. The number of esters is 1. The van der Waals surface area contributed by atoms with E-state index in [2.05, 4.69) is 65.0 Å². The number of carbonyl (C=O) groups excluding carboxylic acids is 2.